The molecule has 0 bridgehead atoms. The van der Waals surface area contributed by atoms with E-state index in [2.05, 4.69) is 47.2 Å². The van der Waals surface area contributed by atoms with Gasteiger partial charge in [0.25, 0.3) is 0 Å². The summed E-state index contributed by atoms with van der Waals surface area (Å²) >= 11 is 0. The van der Waals surface area contributed by atoms with Gasteiger partial charge in [0.1, 0.15) is 36.3 Å². The second-order valence-corrected chi connectivity index (χ2v) is 14.1. The number of hydrogen-bond acceptors (Lipinski definition) is 14. The van der Waals surface area contributed by atoms with Gasteiger partial charge in [-0.3, -0.25) is 38.6 Å². The van der Waals surface area contributed by atoms with E-state index >= 15 is 0 Å². The zero-order valence-electron chi connectivity index (χ0n) is 34.5. The van der Waals surface area contributed by atoms with Gasteiger partial charge in [-0.1, -0.05) is 18.2 Å². The maximum Gasteiger partial charge on any atom is 0.326 e. The molecule has 2 rings (SSSR count). The van der Waals surface area contributed by atoms with Gasteiger partial charge in [-0.25, -0.2) is 4.79 Å². The zero-order valence-corrected chi connectivity index (χ0v) is 34.5. The Labute approximate surface area is 357 Å². The SMILES string of the molecule is NCC[C@H](NC(=O)[C@H](CCN)NC(=O)[C@H](Cc1c[nH]c2ccccc12)NC(=O)[C@H](CCN)NC(=O)[C@H](CCN)NC(=O)CNC(=O)[C@H](CCCN=C(N)N)NC(=O)CN)C(=O)O. The van der Waals surface area contributed by atoms with Crippen LogP contribution in [0.25, 0.3) is 10.9 Å². The van der Waals surface area contributed by atoms with Crippen molar-refractivity contribution in [1.82, 2.24) is 42.2 Å². The summed E-state index contributed by atoms with van der Waals surface area (Å²) in [6.07, 6.45) is 1.58. The molecular weight excluding hydrogens is 813 g/mol. The van der Waals surface area contributed by atoms with Crippen LogP contribution < -0.4 is 77.4 Å². The summed E-state index contributed by atoms with van der Waals surface area (Å²) < 4.78 is 0. The van der Waals surface area contributed by atoms with E-state index in [9.17, 15) is 43.5 Å². The predicted molar refractivity (Wildman–Crippen MR) is 228 cm³/mol. The number of nitrogens with one attached hydrogen (secondary N) is 8. The van der Waals surface area contributed by atoms with Crippen molar-refractivity contribution in [3.05, 3.63) is 36.0 Å². The molecule has 62 heavy (non-hydrogen) atoms. The third-order valence-electron chi connectivity index (χ3n) is 9.29. The number of carboxylic acid groups (broad SMARTS) is 1. The van der Waals surface area contributed by atoms with Crippen LogP contribution >= 0.6 is 0 Å². The van der Waals surface area contributed by atoms with E-state index in [1.165, 1.54) is 0 Å². The van der Waals surface area contributed by atoms with Crippen LogP contribution in [0.3, 0.4) is 0 Å². The number of rotatable bonds is 29. The number of amides is 7. The Kier molecular flexibility index (Phi) is 22.9. The minimum atomic E-state index is -1.36. The number of guanidine groups is 1. The van der Waals surface area contributed by atoms with Crippen molar-refractivity contribution >= 4 is 64.2 Å². The number of aromatic nitrogens is 1. The van der Waals surface area contributed by atoms with Gasteiger partial charge in [0.05, 0.1) is 13.1 Å². The highest BCUT2D eigenvalue weighted by Gasteiger charge is 2.33. The van der Waals surface area contributed by atoms with Gasteiger partial charge < -0.3 is 87.4 Å². The number of nitrogens with zero attached hydrogens (tertiary/aromatic N) is 1. The molecule has 0 aliphatic carbocycles. The molecule has 6 atom stereocenters. The van der Waals surface area contributed by atoms with Gasteiger partial charge in [-0.2, -0.15) is 0 Å². The fourth-order valence-electron chi connectivity index (χ4n) is 6.11. The van der Waals surface area contributed by atoms with E-state index in [0.29, 0.717) is 12.0 Å². The van der Waals surface area contributed by atoms with Crippen molar-refractivity contribution in [2.75, 3.05) is 45.8 Å². The quantitative estimate of drug-likeness (QED) is 0.0205. The minimum absolute atomic E-state index is 0.0370. The molecule has 0 aliphatic rings. The van der Waals surface area contributed by atoms with Crippen molar-refractivity contribution in [3.8, 4) is 0 Å². The van der Waals surface area contributed by atoms with Gasteiger partial charge in [0, 0.05) is 30.1 Å². The number of benzene rings is 1. The smallest absolute Gasteiger partial charge is 0.326 e. The van der Waals surface area contributed by atoms with E-state index in [0.717, 1.165) is 10.9 Å². The summed E-state index contributed by atoms with van der Waals surface area (Å²) in [4.78, 5) is 111. The van der Waals surface area contributed by atoms with Crippen LogP contribution in [0.15, 0.2) is 35.5 Å². The van der Waals surface area contributed by atoms with Crippen molar-refractivity contribution in [3.63, 3.8) is 0 Å². The number of H-pyrrole nitrogens is 1. The van der Waals surface area contributed by atoms with Gasteiger partial charge >= 0.3 is 5.97 Å². The van der Waals surface area contributed by atoms with Crippen molar-refractivity contribution < 1.29 is 43.5 Å². The number of nitrogens with two attached hydrogens (primary N) is 7. The molecule has 0 unspecified atom stereocenters. The Morgan fingerprint density at radius 2 is 1.06 bits per heavy atom. The standard InChI is InChI=1S/C37H62N16O9/c38-11-7-24(49-30(55)19-47-31(56)23(48-29(54)17-42)6-3-15-45-37(43)44)32(57)50-26(9-13-40)34(59)53-28(16-20-18-46-22-5-2-1-4-21(20)22)35(60)51-25(8-12-39)33(58)52-27(10-14-41)36(61)62/h1-2,4-5,18,23-28,46H,3,6-17,19,38-42H2,(H,47,56)(H,48,54)(H,49,55)(H,50,57)(H,51,60)(H,52,58)(H,53,59)(H,61,62)(H4,43,44,45)/t23-,24-,25-,26-,27-,28-/m0/s1. The van der Waals surface area contributed by atoms with Crippen molar-refractivity contribution in [2.24, 2.45) is 45.1 Å². The molecule has 0 saturated carbocycles. The van der Waals surface area contributed by atoms with Crippen LogP contribution in [-0.4, -0.2) is 145 Å². The first-order valence-corrected chi connectivity index (χ1v) is 20.0. The first-order valence-electron chi connectivity index (χ1n) is 20.0. The molecule has 0 spiro atoms. The van der Waals surface area contributed by atoms with E-state index in [4.69, 9.17) is 40.1 Å². The number of aliphatic imine (C=N–C) groups is 1. The summed E-state index contributed by atoms with van der Waals surface area (Å²) in [5.74, 6) is -6.95. The lowest BCUT2D eigenvalue weighted by atomic mass is 10.0. The summed E-state index contributed by atoms with van der Waals surface area (Å²) in [6, 6.07) is -0.513. The number of hydrogen-bond donors (Lipinski definition) is 16. The summed E-state index contributed by atoms with van der Waals surface area (Å²) in [5.41, 5.74) is 40.2. The number of para-hydroxylation sites is 1. The monoisotopic (exact) mass is 874 g/mol. The average Bonchev–Trinajstić information content (AvgIpc) is 3.64. The summed E-state index contributed by atoms with van der Waals surface area (Å²) in [5, 5.41) is 27.7. The second kappa shape index (κ2) is 27.4. The first kappa shape index (κ1) is 51.7. The van der Waals surface area contributed by atoms with Crippen molar-refractivity contribution in [2.45, 2.75) is 81.2 Å². The van der Waals surface area contributed by atoms with Crippen LogP contribution in [-0.2, 0) is 44.8 Å². The third-order valence-corrected chi connectivity index (χ3v) is 9.29. The number of carboxylic acids is 1. The highest BCUT2D eigenvalue weighted by Crippen LogP contribution is 2.19. The Balaban J connectivity index is 2.26. The van der Waals surface area contributed by atoms with E-state index in [-0.39, 0.29) is 77.2 Å². The summed E-state index contributed by atoms with van der Waals surface area (Å²) in [7, 11) is 0. The number of carbonyl (C=O) groups is 8. The van der Waals surface area contributed by atoms with Crippen LogP contribution in [0, 0.1) is 0 Å². The number of aromatic amines is 1. The van der Waals surface area contributed by atoms with Gasteiger partial charge in [0.15, 0.2) is 5.96 Å². The Bertz CT molecular complexity index is 1850. The largest absolute Gasteiger partial charge is 0.480 e. The van der Waals surface area contributed by atoms with Gasteiger partial charge in [0.2, 0.25) is 41.4 Å². The van der Waals surface area contributed by atoms with Gasteiger partial charge in [-0.15, -0.1) is 0 Å². The molecule has 25 nitrogen and oxygen atoms in total. The average molecular weight is 875 g/mol. The molecule has 1 heterocycles. The third kappa shape index (κ3) is 17.7. The lowest BCUT2D eigenvalue weighted by Crippen LogP contribution is -2.60. The molecule has 0 saturated heterocycles. The molecule has 0 radical (unpaired) electrons. The fourth-order valence-corrected chi connectivity index (χ4v) is 6.11. The fraction of sp³-hybridized carbons (Fsp3) is 0.541. The van der Waals surface area contributed by atoms with Crippen LogP contribution in [0.5, 0.6) is 0 Å². The lowest BCUT2D eigenvalue weighted by molar-refractivity contribution is -0.142. The van der Waals surface area contributed by atoms with Crippen LogP contribution in [0.1, 0.15) is 44.1 Å². The Hall–Kier alpha value is -6.41. The molecular formula is C37H62N16O9. The molecule has 1 aromatic heterocycles. The van der Waals surface area contributed by atoms with E-state index in [1.807, 2.05) is 6.07 Å². The van der Waals surface area contributed by atoms with E-state index in [1.54, 1.807) is 24.4 Å². The predicted octanol–water partition coefficient (Wildman–Crippen LogP) is -6.77. The molecule has 2 aromatic rings. The molecule has 23 N–H and O–H groups in total. The molecule has 0 aliphatic heterocycles. The first-order chi connectivity index (χ1) is 29.6. The van der Waals surface area contributed by atoms with Crippen LogP contribution in [0.2, 0.25) is 0 Å². The van der Waals surface area contributed by atoms with E-state index < -0.39 is 96.7 Å². The normalized spacial score (nSPS) is 13.8. The van der Waals surface area contributed by atoms with Crippen LogP contribution in [0.4, 0.5) is 0 Å². The molecule has 0 fully saturated rings. The zero-order chi connectivity index (χ0) is 46.2. The number of fused-ring (bicyclic) bond motifs is 1. The maximum absolute atomic E-state index is 14.0. The Morgan fingerprint density at radius 1 is 0.597 bits per heavy atom. The summed E-state index contributed by atoms with van der Waals surface area (Å²) in [6.45, 7) is -1.12. The molecule has 7 amide bonds. The topological polar surface area (TPSA) is 451 Å². The van der Waals surface area contributed by atoms with Crippen molar-refractivity contribution in [1.29, 1.82) is 0 Å². The van der Waals surface area contributed by atoms with Gasteiger partial charge in [-0.05, 0) is 76.3 Å². The Morgan fingerprint density at radius 3 is 1.60 bits per heavy atom. The highest BCUT2D eigenvalue weighted by atomic mass is 16.4. The maximum atomic E-state index is 14.0. The minimum Gasteiger partial charge on any atom is -0.480 e. The molecule has 25 heteroatoms. The lowest BCUT2D eigenvalue weighted by Gasteiger charge is -2.27. The molecule has 344 valence electrons. The highest BCUT2D eigenvalue weighted by molar-refractivity contribution is 5.97. The number of carbonyl (C=O) groups excluding carboxylic acids is 7. The molecule has 1 aromatic carbocycles. The second-order valence-electron chi connectivity index (χ2n) is 14.1. The number of aliphatic carboxylic acids is 1.